The maximum absolute atomic E-state index is 12.1. The normalized spacial score (nSPS) is 11.0. The Balaban J connectivity index is 2.25. The molecule has 0 unspecified atom stereocenters. The third-order valence-electron chi connectivity index (χ3n) is 2.62. The smallest absolute Gasteiger partial charge is 0.406 e. The van der Waals surface area contributed by atoms with Crippen molar-refractivity contribution in [1.82, 2.24) is 4.98 Å². The molecule has 0 saturated heterocycles. The molecule has 7 heteroatoms. The van der Waals surface area contributed by atoms with Gasteiger partial charge in [0.05, 0.1) is 23.9 Å². The van der Waals surface area contributed by atoms with Crippen LogP contribution in [0.1, 0.15) is 5.56 Å². The van der Waals surface area contributed by atoms with Gasteiger partial charge in [0.2, 0.25) is 0 Å². The van der Waals surface area contributed by atoms with Crippen molar-refractivity contribution in [2.24, 2.45) is 0 Å². The molecule has 0 aliphatic carbocycles. The molecule has 0 spiro atoms. The van der Waals surface area contributed by atoms with Crippen molar-refractivity contribution in [2.45, 2.75) is 12.8 Å². The standard InChI is InChI=1S/C14H10F3N3O/c15-14(16,17)21-11-3-1-10(2-4-11)13-12(19)7-9(5-6-18)8-20-13/h1-4,7-8H,5,19H2. The van der Waals surface area contributed by atoms with E-state index >= 15 is 0 Å². The van der Waals surface area contributed by atoms with Crippen LogP contribution < -0.4 is 10.5 Å². The van der Waals surface area contributed by atoms with Crippen molar-refractivity contribution in [2.75, 3.05) is 5.73 Å². The number of rotatable bonds is 3. The Bertz CT molecular complexity index is 675. The topological polar surface area (TPSA) is 71.9 Å². The average molecular weight is 293 g/mol. The van der Waals surface area contributed by atoms with Crippen LogP contribution in [0.15, 0.2) is 36.5 Å². The van der Waals surface area contributed by atoms with Crippen molar-refractivity contribution in [3.8, 4) is 23.1 Å². The summed E-state index contributed by atoms with van der Waals surface area (Å²) in [7, 11) is 0. The molecule has 0 aliphatic rings. The van der Waals surface area contributed by atoms with Gasteiger partial charge in [-0.25, -0.2) is 0 Å². The number of pyridine rings is 1. The highest BCUT2D eigenvalue weighted by Gasteiger charge is 2.30. The highest BCUT2D eigenvalue weighted by Crippen LogP contribution is 2.28. The number of aromatic nitrogens is 1. The van der Waals surface area contributed by atoms with Crippen LogP contribution in [0.2, 0.25) is 0 Å². The summed E-state index contributed by atoms with van der Waals surface area (Å²) in [4.78, 5) is 4.13. The van der Waals surface area contributed by atoms with Crippen LogP contribution in [0, 0.1) is 11.3 Å². The number of halogens is 3. The first-order valence-corrected chi connectivity index (χ1v) is 5.86. The van der Waals surface area contributed by atoms with Crippen molar-refractivity contribution in [3.63, 3.8) is 0 Å². The number of nitriles is 1. The van der Waals surface area contributed by atoms with Gasteiger partial charge in [0.25, 0.3) is 0 Å². The van der Waals surface area contributed by atoms with Crippen molar-refractivity contribution in [1.29, 1.82) is 5.26 Å². The second-order valence-corrected chi connectivity index (χ2v) is 4.19. The van der Waals surface area contributed by atoms with E-state index in [-0.39, 0.29) is 12.2 Å². The van der Waals surface area contributed by atoms with Gasteiger partial charge in [0, 0.05) is 11.8 Å². The van der Waals surface area contributed by atoms with Gasteiger partial charge in [-0.05, 0) is 35.9 Å². The van der Waals surface area contributed by atoms with Crippen LogP contribution in [0.4, 0.5) is 18.9 Å². The predicted molar refractivity (Wildman–Crippen MR) is 70.1 cm³/mol. The summed E-state index contributed by atoms with van der Waals surface area (Å²) in [5.41, 5.74) is 7.87. The molecule has 4 nitrogen and oxygen atoms in total. The lowest BCUT2D eigenvalue weighted by molar-refractivity contribution is -0.274. The molecule has 2 rings (SSSR count). The number of nitrogens with zero attached hydrogens (tertiary/aromatic N) is 2. The van der Waals surface area contributed by atoms with E-state index in [0.717, 1.165) is 0 Å². The van der Waals surface area contributed by atoms with Crippen molar-refractivity contribution >= 4 is 5.69 Å². The summed E-state index contributed by atoms with van der Waals surface area (Å²) in [5.74, 6) is -0.314. The number of benzene rings is 1. The molecule has 108 valence electrons. The quantitative estimate of drug-likeness (QED) is 0.942. The summed E-state index contributed by atoms with van der Waals surface area (Å²) < 4.78 is 40.0. The van der Waals surface area contributed by atoms with Gasteiger partial charge in [-0.15, -0.1) is 13.2 Å². The second-order valence-electron chi connectivity index (χ2n) is 4.19. The fourth-order valence-corrected chi connectivity index (χ4v) is 1.77. The van der Waals surface area contributed by atoms with E-state index in [1.807, 2.05) is 6.07 Å². The fourth-order valence-electron chi connectivity index (χ4n) is 1.77. The Kier molecular flexibility index (Phi) is 3.98. The largest absolute Gasteiger partial charge is 0.573 e. The highest BCUT2D eigenvalue weighted by atomic mass is 19.4. The van der Waals surface area contributed by atoms with E-state index in [1.165, 1.54) is 30.5 Å². The van der Waals surface area contributed by atoms with E-state index in [0.29, 0.717) is 22.5 Å². The number of nitrogen functional groups attached to an aromatic ring is 1. The monoisotopic (exact) mass is 293 g/mol. The number of nitrogens with two attached hydrogens (primary N) is 1. The zero-order valence-corrected chi connectivity index (χ0v) is 10.7. The van der Waals surface area contributed by atoms with E-state index in [4.69, 9.17) is 11.0 Å². The molecule has 1 aromatic heterocycles. The first-order chi connectivity index (χ1) is 9.89. The minimum atomic E-state index is -4.72. The first-order valence-electron chi connectivity index (χ1n) is 5.86. The summed E-state index contributed by atoms with van der Waals surface area (Å²) in [6.45, 7) is 0. The minimum Gasteiger partial charge on any atom is -0.406 e. The van der Waals surface area contributed by atoms with Crippen LogP contribution in [0.3, 0.4) is 0 Å². The molecule has 0 amide bonds. The number of ether oxygens (including phenoxy) is 1. The molecule has 1 aromatic carbocycles. The Hall–Kier alpha value is -2.75. The summed E-state index contributed by atoms with van der Waals surface area (Å²) in [5, 5.41) is 8.60. The van der Waals surface area contributed by atoms with Gasteiger partial charge < -0.3 is 10.5 Å². The minimum absolute atomic E-state index is 0.190. The van der Waals surface area contributed by atoms with Crippen LogP contribution in [0.5, 0.6) is 5.75 Å². The zero-order valence-electron chi connectivity index (χ0n) is 10.7. The average Bonchev–Trinajstić information content (AvgIpc) is 2.39. The number of hydrogen-bond donors (Lipinski definition) is 1. The Morgan fingerprint density at radius 3 is 2.43 bits per heavy atom. The van der Waals surface area contributed by atoms with Gasteiger partial charge in [-0.3, -0.25) is 4.98 Å². The Labute approximate surface area is 118 Å². The zero-order chi connectivity index (χ0) is 15.5. The van der Waals surface area contributed by atoms with Gasteiger partial charge in [0.1, 0.15) is 5.75 Å². The molecule has 0 aliphatic heterocycles. The van der Waals surface area contributed by atoms with E-state index in [1.54, 1.807) is 6.07 Å². The number of anilines is 1. The van der Waals surface area contributed by atoms with E-state index < -0.39 is 6.36 Å². The fraction of sp³-hybridized carbons (Fsp3) is 0.143. The molecule has 0 fully saturated rings. The molecule has 0 saturated carbocycles. The predicted octanol–water partition coefficient (Wildman–Crippen LogP) is 3.30. The maximum atomic E-state index is 12.1. The molecule has 0 radical (unpaired) electrons. The molecule has 0 atom stereocenters. The number of alkyl halides is 3. The second kappa shape index (κ2) is 5.71. The maximum Gasteiger partial charge on any atom is 0.573 e. The summed E-state index contributed by atoms with van der Waals surface area (Å²) in [6, 6.07) is 8.84. The third kappa shape index (κ3) is 3.86. The Morgan fingerprint density at radius 1 is 1.24 bits per heavy atom. The molecule has 0 bridgehead atoms. The van der Waals surface area contributed by atoms with Crippen LogP contribution in [-0.2, 0) is 6.42 Å². The summed E-state index contributed by atoms with van der Waals surface area (Å²) in [6.07, 6.45) is -3.03. The summed E-state index contributed by atoms with van der Waals surface area (Å²) >= 11 is 0. The van der Waals surface area contributed by atoms with Gasteiger partial charge in [-0.2, -0.15) is 5.26 Å². The molecule has 2 aromatic rings. The molecular weight excluding hydrogens is 283 g/mol. The number of hydrogen-bond acceptors (Lipinski definition) is 4. The third-order valence-corrected chi connectivity index (χ3v) is 2.62. The molecule has 1 heterocycles. The van der Waals surface area contributed by atoms with Gasteiger partial charge in [0.15, 0.2) is 0 Å². The lowest BCUT2D eigenvalue weighted by atomic mass is 10.1. The SMILES string of the molecule is N#CCc1cnc(-c2ccc(OC(F)(F)F)cc2)c(N)c1. The first kappa shape index (κ1) is 14.7. The van der Waals surface area contributed by atoms with E-state index in [9.17, 15) is 13.2 Å². The molecule has 2 N–H and O–H groups in total. The van der Waals surface area contributed by atoms with Crippen LogP contribution in [-0.4, -0.2) is 11.3 Å². The molecule has 21 heavy (non-hydrogen) atoms. The van der Waals surface area contributed by atoms with Crippen LogP contribution in [0.25, 0.3) is 11.3 Å². The van der Waals surface area contributed by atoms with E-state index in [2.05, 4.69) is 9.72 Å². The highest BCUT2D eigenvalue weighted by molar-refractivity contribution is 5.73. The Morgan fingerprint density at radius 2 is 1.90 bits per heavy atom. The van der Waals surface area contributed by atoms with Gasteiger partial charge >= 0.3 is 6.36 Å². The molecular formula is C14H10F3N3O. The van der Waals surface area contributed by atoms with Gasteiger partial charge in [-0.1, -0.05) is 0 Å². The van der Waals surface area contributed by atoms with Crippen LogP contribution >= 0.6 is 0 Å². The van der Waals surface area contributed by atoms with Crippen molar-refractivity contribution in [3.05, 3.63) is 42.1 Å². The lowest BCUT2D eigenvalue weighted by Gasteiger charge is -2.10. The van der Waals surface area contributed by atoms with Crippen molar-refractivity contribution < 1.29 is 17.9 Å². The lowest BCUT2D eigenvalue weighted by Crippen LogP contribution is -2.16.